The Labute approximate surface area is 334 Å². The lowest BCUT2D eigenvalue weighted by Gasteiger charge is -2.37. The molecule has 1 atom stereocenters. The number of aryl methyl sites for hydroxylation is 3. The molecule has 1 aromatic heterocycles. The first-order valence-electron chi connectivity index (χ1n) is 20.3. The van der Waals surface area contributed by atoms with Crippen molar-refractivity contribution in [2.45, 2.75) is 38.0 Å². The molecule has 57 heavy (non-hydrogen) atoms. The molecule has 0 saturated heterocycles. The molecule has 9 aromatic rings. The zero-order valence-corrected chi connectivity index (χ0v) is 32.1. The predicted molar refractivity (Wildman–Crippen MR) is 239 cm³/mol. The highest BCUT2D eigenvalue weighted by Gasteiger charge is 2.49. The molecule has 0 amide bonds. The van der Waals surface area contributed by atoms with Gasteiger partial charge >= 0.3 is 0 Å². The molecular formula is C54H43N3. The van der Waals surface area contributed by atoms with Gasteiger partial charge in [0.05, 0.1) is 28.1 Å². The molecule has 0 radical (unpaired) electrons. The van der Waals surface area contributed by atoms with Gasteiger partial charge in [0.2, 0.25) is 0 Å². The van der Waals surface area contributed by atoms with Gasteiger partial charge in [-0.25, -0.2) is 0 Å². The molecule has 3 heteroatoms. The average molecular weight is 734 g/mol. The van der Waals surface area contributed by atoms with Crippen LogP contribution in [0.15, 0.2) is 194 Å². The van der Waals surface area contributed by atoms with Gasteiger partial charge in [-0.2, -0.15) is 0 Å². The van der Waals surface area contributed by atoms with Crippen LogP contribution in [0.5, 0.6) is 0 Å². The minimum atomic E-state index is -0.149. The Balaban J connectivity index is 1.16. The largest absolute Gasteiger partial charge is 0.310 e. The van der Waals surface area contributed by atoms with Gasteiger partial charge in [0.15, 0.2) is 0 Å². The molecule has 11 rings (SSSR count). The van der Waals surface area contributed by atoms with Crippen molar-refractivity contribution >= 4 is 55.9 Å². The number of para-hydroxylation sites is 5. The first kappa shape index (κ1) is 33.5. The van der Waals surface area contributed by atoms with E-state index in [2.05, 4.69) is 215 Å². The summed E-state index contributed by atoms with van der Waals surface area (Å²) in [6.07, 6.45) is 4.28. The number of fused-ring (bicyclic) bond motifs is 7. The normalized spacial score (nSPS) is 15.6. The van der Waals surface area contributed by atoms with Crippen LogP contribution in [0.4, 0.5) is 34.1 Å². The maximum absolute atomic E-state index is 2.57. The second kappa shape index (κ2) is 13.4. The van der Waals surface area contributed by atoms with Crippen molar-refractivity contribution < 1.29 is 0 Å². The van der Waals surface area contributed by atoms with Crippen LogP contribution < -0.4 is 9.80 Å². The summed E-state index contributed by atoms with van der Waals surface area (Å²) in [5, 5.41) is 2.54. The van der Waals surface area contributed by atoms with Gasteiger partial charge in [-0.3, -0.25) is 0 Å². The molecule has 2 aliphatic carbocycles. The summed E-state index contributed by atoms with van der Waals surface area (Å²) in [7, 11) is 0. The molecule has 0 N–H and O–H groups in total. The third-order valence-corrected chi connectivity index (χ3v) is 12.6. The topological polar surface area (TPSA) is 11.4 Å². The summed E-state index contributed by atoms with van der Waals surface area (Å²) in [5.41, 5.74) is 17.8. The lowest BCUT2D eigenvalue weighted by Crippen LogP contribution is -2.27. The van der Waals surface area contributed by atoms with Crippen molar-refractivity contribution in [2.24, 2.45) is 0 Å². The van der Waals surface area contributed by atoms with Crippen molar-refractivity contribution in [1.29, 1.82) is 0 Å². The fourth-order valence-electron chi connectivity index (χ4n) is 10.3. The molecule has 0 aliphatic heterocycles. The Kier molecular flexibility index (Phi) is 7.89. The van der Waals surface area contributed by atoms with E-state index in [-0.39, 0.29) is 5.41 Å². The van der Waals surface area contributed by atoms with Gasteiger partial charge in [-0.15, -0.1) is 0 Å². The van der Waals surface area contributed by atoms with Crippen molar-refractivity contribution in [3.05, 3.63) is 222 Å². The second-order valence-corrected chi connectivity index (χ2v) is 15.7. The molecule has 1 heterocycles. The van der Waals surface area contributed by atoms with E-state index >= 15 is 0 Å². The van der Waals surface area contributed by atoms with E-state index < -0.39 is 0 Å². The van der Waals surface area contributed by atoms with Crippen LogP contribution >= 0.6 is 0 Å². The molecule has 8 aromatic carbocycles. The zero-order chi connectivity index (χ0) is 37.9. The van der Waals surface area contributed by atoms with Crippen LogP contribution in [0.25, 0.3) is 27.5 Å². The van der Waals surface area contributed by atoms with Gasteiger partial charge in [0.25, 0.3) is 0 Å². The fourth-order valence-corrected chi connectivity index (χ4v) is 10.3. The molecule has 2 aliphatic rings. The highest BCUT2D eigenvalue weighted by molar-refractivity contribution is 6.11. The summed E-state index contributed by atoms with van der Waals surface area (Å²) in [5.74, 6) is 0. The number of rotatable bonds is 7. The number of hydrogen-bond acceptors (Lipinski definition) is 2. The lowest BCUT2D eigenvalue weighted by atomic mass is 9.74. The number of benzene rings is 8. The van der Waals surface area contributed by atoms with Crippen molar-refractivity contribution in [3.8, 4) is 5.69 Å². The van der Waals surface area contributed by atoms with Gasteiger partial charge in [-0.05, 0) is 139 Å². The third kappa shape index (κ3) is 5.26. The van der Waals surface area contributed by atoms with Crippen LogP contribution in [-0.2, 0) is 18.3 Å². The third-order valence-electron chi connectivity index (χ3n) is 12.6. The van der Waals surface area contributed by atoms with Gasteiger partial charge in [-0.1, -0.05) is 115 Å². The quantitative estimate of drug-likeness (QED) is 0.162. The first-order chi connectivity index (χ1) is 28.2. The average Bonchev–Trinajstić information content (AvgIpc) is 3.95. The highest BCUT2D eigenvalue weighted by Crippen LogP contribution is 2.60. The SMILES string of the molecule is Cc1cc2c3ccccc3n(-c3ccccc3)c2cc1N(c1ccccc1)c1cccc2c1[C@]1(CCc3cccc(N(c4ccccc4)c4ccccc4)c31)CC2. The fraction of sp³-hybridized carbons (Fsp3) is 0.111. The summed E-state index contributed by atoms with van der Waals surface area (Å²) < 4.78 is 2.44. The molecule has 1 spiro atoms. The van der Waals surface area contributed by atoms with E-state index in [4.69, 9.17) is 0 Å². The Hall–Kier alpha value is -6.84. The van der Waals surface area contributed by atoms with Crippen LogP contribution in [0.3, 0.4) is 0 Å². The molecule has 0 saturated carbocycles. The summed E-state index contributed by atoms with van der Waals surface area (Å²) in [6.45, 7) is 2.29. The van der Waals surface area contributed by atoms with Crippen LogP contribution in [0.2, 0.25) is 0 Å². The van der Waals surface area contributed by atoms with Gasteiger partial charge in [0, 0.05) is 38.9 Å². The predicted octanol–water partition coefficient (Wildman–Crippen LogP) is 14.2. The molecular weight excluding hydrogens is 691 g/mol. The molecule has 0 fully saturated rings. The van der Waals surface area contributed by atoms with E-state index in [1.165, 1.54) is 89.4 Å². The van der Waals surface area contributed by atoms with E-state index in [1.54, 1.807) is 0 Å². The van der Waals surface area contributed by atoms with Gasteiger partial charge < -0.3 is 14.4 Å². The molecule has 0 unspecified atom stereocenters. The number of aromatic nitrogens is 1. The summed E-state index contributed by atoms with van der Waals surface area (Å²) in [6, 6.07) is 71.5. The standard InChI is InChI=1S/C54H43N3/c1-38-36-46-45-28-14-15-29-47(45)56(43-24-10-4-11-25-43)51(46)37-50(38)57(44-26-12-5-13-27-44)49-31-17-19-40-33-35-54(53(40)49)34-32-39-18-16-30-48(52(39)54)55(41-20-6-2-7-21-41)42-22-8-3-9-23-42/h2-31,36-37H,32-35H2,1H3/t54-/m1/s1. The maximum atomic E-state index is 2.57. The van der Waals surface area contributed by atoms with E-state index in [9.17, 15) is 0 Å². The second-order valence-electron chi connectivity index (χ2n) is 15.7. The lowest BCUT2D eigenvalue weighted by molar-refractivity contribution is 0.508. The molecule has 0 bridgehead atoms. The first-order valence-corrected chi connectivity index (χ1v) is 20.3. The van der Waals surface area contributed by atoms with E-state index in [0.717, 1.165) is 25.7 Å². The van der Waals surface area contributed by atoms with Crippen LogP contribution in [0.1, 0.15) is 40.7 Å². The van der Waals surface area contributed by atoms with Crippen molar-refractivity contribution in [3.63, 3.8) is 0 Å². The Morgan fingerprint density at radius 2 is 0.912 bits per heavy atom. The van der Waals surface area contributed by atoms with Crippen LogP contribution in [-0.4, -0.2) is 4.57 Å². The zero-order valence-electron chi connectivity index (χ0n) is 32.1. The molecule has 274 valence electrons. The Morgan fingerprint density at radius 3 is 1.49 bits per heavy atom. The number of anilines is 6. The van der Waals surface area contributed by atoms with Crippen molar-refractivity contribution in [2.75, 3.05) is 9.80 Å². The smallest absolute Gasteiger partial charge is 0.0562 e. The van der Waals surface area contributed by atoms with Crippen molar-refractivity contribution in [1.82, 2.24) is 4.57 Å². The molecule has 3 nitrogen and oxygen atoms in total. The summed E-state index contributed by atoms with van der Waals surface area (Å²) in [4.78, 5) is 5.06. The van der Waals surface area contributed by atoms with Crippen LogP contribution in [0, 0.1) is 6.92 Å². The number of hydrogen-bond donors (Lipinski definition) is 0. The minimum Gasteiger partial charge on any atom is -0.310 e. The Morgan fingerprint density at radius 1 is 0.421 bits per heavy atom. The maximum Gasteiger partial charge on any atom is 0.0562 e. The highest BCUT2D eigenvalue weighted by atomic mass is 15.2. The van der Waals surface area contributed by atoms with E-state index in [0.29, 0.717) is 0 Å². The monoisotopic (exact) mass is 733 g/mol. The summed E-state index contributed by atoms with van der Waals surface area (Å²) >= 11 is 0. The van der Waals surface area contributed by atoms with Gasteiger partial charge in [0.1, 0.15) is 0 Å². The number of nitrogens with zero attached hydrogens (tertiary/aromatic N) is 3. The Bertz CT molecular complexity index is 2870. The minimum absolute atomic E-state index is 0.149. The van der Waals surface area contributed by atoms with E-state index in [1.807, 2.05) is 0 Å².